The largest absolute Gasteiger partial charge is 0.508 e. The lowest BCUT2D eigenvalue weighted by atomic mass is 9.95. The molecule has 0 fully saturated rings. The van der Waals surface area contributed by atoms with Crippen LogP contribution in [0, 0.1) is 6.92 Å². The third-order valence-electron chi connectivity index (χ3n) is 3.84. The number of anilines is 1. The van der Waals surface area contributed by atoms with Crippen LogP contribution in [0.3, 0.4) is 0 Å². The predicted octanol–water partition coefficient (Wildman–Crippen LogP) is 2.60. The van der Waals surface area contributed by atoms with Gasteiger partial charge in [-0.05, 0) is 60.8 Å². The summed E-state index contributed by atoms with van der Waals surface area (Å²) in [6.45, 7) is 3.57. The van der Waals surface area contributed by atoms with Gasteiger partial charge in [0.15, 0.2) is 0 Å². The maximum absolute atomic E-state index is 12.5. The van der Waals surface area contributed by atoms with Gasteiger partial charge >= 0.3 is 0 Å². The van der Waals surface area contributed by atoms with Crippen molar-refractivity contribution in [3.05, 3.63) is 58.7 Å². The molecule has 1 aliphatic rings. The van der Waals surface area contributed by atoms with Crippen molar-refractivity contribution in [3.8, 4) is 5.75 Å². The van der Waals surface area contributed by atoms with E-state index < -0.39 is 0 Å². The van der Waals surface area contributed by atoms with E-state index in [0.29, 0.717) is 0 Å². The van der Waals surface area contributed by atoms with Gasteiger partial charge in [-0.2, -0.15) is 0 Å². The molecular formula is C17H18N2O2. The fraction of sp³-hybridized carbons (Fsp3) is 0.235. The minimum atomic E-state index is -0.0949. The summed E-state index contributed by atoms with van der Waals surface area (Å²) in [4.78, 5) is 12.5. The zero-order chi connectivity index (χ0) is 14.8. The second-order valence-electron chi connectivity index (χ2n) is 5.32. The van der Waals surface area contributed by atoms with E-state index in [1.807, 2.05) is 19.1 Å². The zero-order valence-corrected chi connectivity index (χ0v) is 11.9. The molecule has 0 spiro atoms. The van der Waals surface area contributed by atoms with Crippen molar-refractivity contribution < 1.29 is 9.90 Å². The molecule has 0 saturated heterocycles. The second-order valence-corrected chi connectivity index (χ2v) is 5.32. The smallest absolute Gasteiger partial charge is 0.255 e. The summed E-state index contributed by atoms with van der Waals surface area (Å²) in [5.74, 6) is 0.108. The van der Waals surface area contributed by atoms with Crippen molar-refractivity contribution in [2.45, 2.75) is 19.9 Å². The van der Waals surface area contributed by atoms with Crippen LogP contribution in [0.15, 0.2) is 36.4 Å². The van der Waals surface area contributed by atoms with E-state index in [0.717, 1.165) is 41.9 Å². The van der Waals surface area contributed by atoms with Crippen molar-refractivity contribution >= 4 is 11.6 Å². The van der Waals surface area contributed by atoms with E-state index in [1.165, 1.54) is 5.56 Å². The molecule has 0 radical (unpaired) electrons. The number of phenols is 1. The molecule has 0 saturated carbocycles. The molecule has 4 heteroatoms. The highest BCUT2D eigenvalue weighted by molar-refractivity contribution is 6.06. The molecule has 108 valence electrons. The van der Waals surface area contributed by atoms with Crippen molar-refractivity contribution in [1.82, 2.24) is 5.32 Å². The first-order valence-electron chi connectivity index (χ1n) is 7.07. The molecule has 0 atom stereocenters. The lowest BCUT2D eigenvalue weighted by Crippen LogP contribution is -2.26. The average molecular weight is 282 g/mol. The summed E-state index contributed by atoms with van der Waals surface area (Å²) in [7, 11) is 0. The van der Waals surface area contributed by atoms with E-state index >= 15 is 0 Å². The van der Waals surface area contributed by atoms with E-state index in [2.05, 4.69) is 16.7 Å². The van der Waals surface area contributed by atoms with Crippen LogP contribution in [0.2, 0.25) is 0 Å². The number of fused-ring (bicyclic) bond motifs is 1. The molecule has 21 heavy (non-hydrogen) atoms. The summed E-state index contributed by atoms with van der Waals surface area (Å²) in [5.41, 5.74) is 4.63. The molecule has 2 aromatic rings. The normalized spacial score (nSPS) is 13.6. The van der Waals surface area contributed by atoms with Gasteiger partial charge < -0.3 is 15.7 Å². The molecule has 2 aromatic carbocycles. The number of carbonyl (C=O) groups is 1. The fourth-order valence-electron chi connectivity index (χ4n) is 2.72. The molecule has 0 unspecified atom stereocenters. The summed E-state index contributed by atoms with van der Waals surface area (Å²) in [6, 6.07) is 10.8. The molecule has 1 aliphatic heterocycles. The van der Waals surface area contributed by atoms with Crippen LogP contribution >= 0.6 is 0 Å². The topological polar surface area (TPSA) is 61.4 Å². The standard InChI is InChI=1S/C17H18N2O2/c1-11-9-13(20)5-6-16(11)19-17(21)15-4-2-3-12-10-18-8-7-14(12)15/h2-6,9,18,20H,7-8,10H2,1H3,(H,19,21). The molecule has 0 bridgehead atoms. The Bertz CT molecular complexity index is 695. The molecular weight excluding hydrogens is 264 g/mol. The third-order valence-corrected chi connectivity index (χ3v) is 3.84. The molecule has 3 rings (SSSR count). The summed E-state index contributed by atoms with van der Waals surface area (Å²) < 4.78 is 0. The van der Waals surface area contributed by atoms with Gasteiger partial charge in [-0.1, -0.05) is 12.1 Å². The Labute approximate surface area is 123 Å². The van der Waals surface area contributed by atoms with E-state index in [-0.39, 0.29) is 11.7 Å². The second kappa shape index (κ2) is 5.58. The minimum absolute atomic E-state index is 0.0949. The Morgan fingerprint density at radius 2 is 2.14 bits per heavy atom. The SMILES string of the molecule is Cc1cc(O)ccc1NC(=O)c1cccc2c1CCNC2. The van der Waals surface area contributed by atoms with E-state index in [1.54, 1.807) is 18.2 Å². The van der Waals surface area contributed by atoms with Crippen molar-refractivity contribution in [2.24, 2.45) is 0 Å². The number of benzene rings is 2. The van der Waals surface area contributed by atoms with Gasteiger partial charge in [-0.15, -0.1) is 0 Å². The molecule has 1 heterocycles. The Kier molecular flexibility index (Phi) is 3.62. The maximum atomic E-state index is 12.5. The number of carbonyl (C=O) groups excluding carboxylic acids is 1. The number of rotatable bonds is 2. The number of hydrogen-bond donors (Lipinski definition) is 3. The Balaban J connectivity index is 1.89. The quantitative estimate of drug-likeness (QED) is 0.742. The monoisotopic (exact) mass is 282 g/mol. The first kappa shape index (κ1) is 13.6. The van der Waals surface area contributed by atoms with Crippen LogP contribution in [0.1, 0.15) is 27.0 Å². The van der Waals surface area contributed by atoms with E-state index in [4.69, 9.17) is 0 Å². The van der Waals surface area contributed by atoms with Gasteiger partial charge in [-0.25, -0.2) is 0 Å². The van der Waals surface area contributed by atoms with Crippen LogP contribution in [0.25, 0.3) is 0 Å². The highest BCUT2D eigenvalue weighted by Gasteiger charge is 2.17. The Morgan fingerprint density at radius 3 is 2.95 bits per heavy atom. The minimum Gasteiger partial charge on any atom is -0.508 e. The molecule has 0 aliphatic carbocycles. The van der Waals surface area contributed by atoms with Crippen molar-refractivity contribution in [3.63, 3.8) is 0 Å². The van der Waals surface area contributed by atoms with Crippen molar-refractivity contribution in [1.29, 1.82) is 0 Å². The van der Waals surface area contributed by atoms with Crippen molar-refractivity contribution in [2.75, 3.05) is 11.9 Å². The van der Waals surface area contributed by atoms with Gasteiger partial charge in [0.1, 0.15) is 5.75 Å². The maximum Gasteiger partial charge on any atom is 0.255 e. The predicted molar refractivity (Wildman–Crippen MR) is 82.6 cm³/mol. The summed E-state index contributed by atoms with van der Waals surface area (Å²) >= 11 is 0. The van der Waals surface area contributed by atoms with Gasteiger partial charge in [0.25, 0.3) is 5.91 Å². The summed E-state index contributed by atoms with van der Waals surface area (Å²) in [5, 5.41) is 15.7. The van der Waals surface area contributed by atoms with Crippen LogP contribution in [0.5, 0.6) is 5.75 Å². The van der Waals surface area contributed by atoms with E-state index in [9.17, 15) is 9.90 Å². The van der Waals surface area contributed by atoms with Crippen LogP contribution in [0.4, 0.5) is 5.69 Å². The van der Waals surface area contributed by atoms with Crippen LogP contribution < -0.4 is 10.6 Å². The fourth-order valence-corrected chi connectivity index (χ4v) is 2.72. The lowest BCUT2D eigenvalue weighted by Gasteiger charge is -2.20. The molecule has 0 aromatic heterocycles. The van der Waals surface area contributed by atoms with Crippen LogP contribution in [-0.4, -0.2) is 17.6 Å². The first-order chi connectivity index (χ1) is 10.1. The lowest BCUT2D eigenvalue weighted by molar-refractivity contribution is 0.102. The Hall–Kier alpha value is -2.33. The molecule has 4 nitrogen and oxygen atoms in total. The van der Waals surface area contributed by atoms with Gasteiger partial charge in [0, 0.05) is 17.8 Å². The number of aryl methyl sites for hydroxylation is 1. The number of nitrogens with one attached hydrogen (secondary N) is 2. The highest BCUT2D eigenvalue weighted by Crippen LogP contribution is 2.23. The average Bonchev–Trinajstić information content (AvgIpc) is 2.49. The van der Waals surface area contributed by atoms with Gasteiger partial charge in [-0.3, -0.25) is 4.79 Å². The van der Waals surface area contributed by atoms with Gasteiger partial charge in [0.05, 0.1) is 0 Å². The number of aromatic hydroxyl groups is 1. The van der Waals surface area contributed by atoms with Crippen LogP contribution in [-0.2, 0) is 13.0 Å². The zero-order valence-electron chi connectivity index (χ0n) is 11.9. The van der Waals surface area contributed by atoms with Gasteiger partial charge in [0.2, 0.25) is 0 Å². The molecule has 1 amide bonds. The Morgan fingerprint density at radius 1 is 1.29 bits per heavy atom. The highest BCUT2D eigenvalue weighted by atomic mass is 16.3. The number of hydrogen-bond acceptors (Lipinski definition) is 3. The number of amides is 1. The number of phenolic OH excluding ortho intramolecular Hbond substituents is 1. The summed E-state index contributed by atoms with van der Waals surface area (Å²) in [6.07, 6.45) is 0.869. The third kappa shape index (κ3) is 2.76. The first-order valence-corrected chi connectivity index (χ1v) is 7.07. The molecule has 3 N–H and O–H groups in total.